The van der Waals surface area contributed by atoms with Gasteiger partial charge in [-0.15, -0.1) is 0 Å². The van der Waals surface area contributed by atoms with Crippen LogP contribution in [0.5, 0.6) is 0 Å². The Morgan fingerprint density at radius 1 is 0.615 bits per heavy atom. The van der Waals surface area contributed by atoms with E-state index in [0.717, 1.165) is 6.42 Å². The molecule has 0 fully saturated rings. The van der Waals surface area contributed by atoms with E-state index in [1.165, 1.54) is 39.0 Å². The van der Waals surface area contributed by atoms with Crippen molar-refractivity contribution in [3.05, 3.63) is 114 Å². The van der Waals surface area contributed by atoms with E-state index in [2.05, 4.69) is 110 Å². The molecule has 3 aromatic rings. The van der Waals surface area contributed by atoms with Gasteiger partial charge in [0.1, 0.15) is 0 Å². The highest BCUT2D eigenvalue weighted by molar-refractivity contribution is 5.78. The highest BCUT2D eigenvalue weighted by Crippen LogP contribution is 2.28. The highest BCUT2D eigenvalue weighted by atomic mass is 14.1. The van der Waals surface area contributed by atoms with Crippen molar-refractivity contribution in [3.8, 4) is 22.3 Å². The number of benzene rings is 3. The SMILES string of the molecule is Cc1cccc(-c2cccc(-c3ccc(C4=CCC=CC=C4)cc3)c2)c1. The molecule has 3 aromatic carbocycles. The quantitative estimate of drug-likeness (QED) is 0.474. The van der Waals surface area contributed by atoms with Crippen molar-refractivity contribution < 1.29 is 0 Å². The van der Waals surface area contributed by atoms with E-state index < -0.39 is 0 Å². The Balaban J connectivity index is 1.64. The lowest BCUT2D eigenvalue weighted by Gasteiger charge is -2.08. The molecular formula is C26H22. The summed E-state index contributed by atoms with van der Waals surface area (Å²) in [4.78, 5) is 0. The number of hydrogen-bond donors (Lipinski definition) is 0. The monoisotopic (exact) mass is 334 g/mol. The molecule has 0 nitrogen and oxygen atoms in total. The fourth-order valence-corrected chi connectivity index (χ4v) is 3.35. The second kappa shape index (κ2) is 7.41. The summed E-state index contributed by atoms with van der Waals surface area (Å²) >= 11 is 0. The maximum Gasteiger partial charge on any atom is -0.0157 e. The van der Waals surface area contributed by atoms with Gasteiger partial charge in [-0.2, -0.15) is 0 Å². The molecule has 4 rings (SSSR count). The molecule has 1 aliphatic rings. The van der Waals surface area contributed by atoms with Gasteiger partial charge in [0.25, 0.3) is 0 Å². The zero-order chi connectivity index (χ0) is 17.8. The second-order valence-electron chi connectivity index (χ2n) is 6.71. The first-order chi connectivity index (χ1) is 12.8. The minimum atomic E-state index is 0.989. The van der Waals surface area contributed by atoms with Gasteiger partial charge in [0.15, 0.2) is 0 Å². The van der Waals surface area contributed by atoms with Crippen LogP contribution in [0.4, 0.5) is 0 Å². The molecule has 126 valence electrons. The number of rotatable bonds is 3. The molecule has 26 heavy (non-hydrogen) atoms. The highest BCUT2D eigenvalue weighted by Gasteiger charge is 2.04. The summed E-state index contributed by atoms with van der Waals surface area (Å²) in [5, 5.41) is 0. The molecule has 0 radical (unpaired) electrons. The van der Waals surface area contributed by atoms with E-state index >= 15 is 0 Å². The Kier molecular flexibility index (Phi) is 4.66. The van der Waals surface area contributed by atoms with Crippen LogP contribution in [-0.2, 0) is 0 Å². The zero-order valence-electron chi connectivity index (χ0n) is 15.0. The first kappa shape index (κ1) is 16.4. The Labute approximate surface area is 155 Å². The van der Waals surface area contributed by atoms with Gasteiger partial charge >= 0.3 is 0 Å². The van der Waals surface area contributed by atoms with Crippen LogP contribution in [0.3, 0.4) is 0 Å². The van der Waals surface area contributed by atoms with Crippen LogP contribution in [0.15, 0.2) is 103 Å². The van der Waals surface area contributed by atoms with Crippen molar-refractivity contribution in [1.82, 2.24) is 0 Å². The minimum Gasteiger partial charge on any atom is -0.0807 e. The molecular weight excluding hydrogens is 312 g/mol. The summed E-state index contributed by atoms with van der Waals surface area (Å²) in [7, 11) is 0. The maximum absolute atomic E-state index is 2.28. The van der Waals surface area contributed by atoms with E-state index in [4.69, 9.17) is 0 Å². The topological polar surface area (TPSA) is 0 Å². The largest absolute Gasteiger partial charge is 0.0807 e. The van der Waals surface area contributed by atoms with E-state index in [-0.39, 0.29) is 0 Å². The van der Waals surface area contributed by atoms with E-state index in [0.29, 0.717) is 0 Å². The van der Waals surface area contributed by atoms with Crippen molar-refractivity contribution >= 4 is 5.57 Å². The molecule has 0 unspecified atom stereocenters. The second-order valence-corrected chi connectivity index (χ2v) is 6.71. The fraction of sp³-hybridized carbons (Fsp3) is 0.0769. The first-order valence-electron chi connectivity index (χ1n) is 9.11. The maximum atomic E-state index is 2.28. The fourth-order valence-electron chi connectivity index (χ4n) is 3.35. The van der Waals surface area contributed by atoms with Crippen LogP contribution in [0.25, 0.3) is 27.8 Å². The molecule has 0 N–H and O–H groups in total. The first-order valence-corrected chi connectivity index (χ1v) is 9.11. The van der Waals surface area contributed by atoms with Crippen LogP contribution in [0.1, 0.15) is 17.5 Å². The molecule has 0 aromatic heterocycles. The van der Waals surface area contributed by atoms with Crippen LogP contribution in [0, 0.1) is 6.92 Å². The Morgan fingerprint density at radius 2 is 1.27 bits per heavy atom. The molecule has 0 heterocycles. The van der Waals surface area contributed by atoms with E-state index in [1.807, 2.05) is 0 Å². The Bertz CT molecular complexity index is 998. The lowest BCUT2D eigenvalue weighted by atomic mass is 9.96. The summed E-state index contributed by atoms with van der Waals surface area (Å²) in [5.41, 5.74) is 8.87. The summed E-state index contributed by atoms with van der Waals surface area (Å²) in [5.74, 6) is 0. The van der Waals surface area contributed by atoms with Crippen LogP contribution in [0.2, 0.25) is 0 Å². The zero-order valence-corrected chi connectivity index (χ0v) is 15.0. The van der Waals surface area contributed by atoms with Gasteiger partial charge in [-0.05, 0) is 52.8 Å². The lowest BCUT2D eigenvalue weighted by molar-refractivity contribution is 1.40. The average molecular weight is 334 g/mol. The van der Waals surface area contributed by atoms with Crippen LogP contribution >= 0.6 is 0 Å². The molecule has 0 amide bonds. The number of allylic oxidation sites excluding steroid dienone is 6. The van der Waals surface area contributed by atoms with Crippen molar-refractivity contribution in [2.45, 2.75) is 13.3 Å². The minimum absolute atomic E-state index is 0.989. The average Bonchev–Trinajstić information content (AvgIpc) is 2.98. The molecule has 0 heteroatoms. The van der Waals surface area contributed by atoms with Crippen molar-refractivity contribution in [1.29, 1.82) is 0 Å². The molecule has 0 atom stereocenters. The van der Waals surface area contributed by atoms with Gasteiger partial charge in [-0.3, -0.25) is 0 Å². The summed E-state index contributed by atoms with van der Waals surface area (Å²) in [6.07, 6.45) is 11.8. The Hall–Kier alpha value is -3.12. The van der Waals surface area contributed by atoms with Crippen molar-refractivity contribution in [2.75, 3.05) is 0 Å². The molecule has 0 aliphatic heterocycles. The van der Waals surface area contributed by atoms with Gasteiger partial charge in [0, 0.05) is 0 Å². The standard InChI is InChI=1S/C26H22/c1-20-8-6-11-24(18-20)26-13-7-12-25(19-26)23-16-14-22(15-17-23)21-9-4-2-3-5-10-21/h2-4,6-19H,5H2,1H3. The van der Waals surface area contributed by atoms with E-state index in [1.54, 1.807) is 0 Å². The van der Waals surface area contributed by atoms with Gasteiger partial charge < -0.3 is 0 Å². The van der Waals surface area contributed by atoms with Gasteiger partial charge in [0.2, 0.25) is 0 Å². The van der Waals surface area contributed by atoms with Crippen molar-refractivity contribution in [3.63, 3.8) is 0 Å². The normalized spacial score (nSPS) is 13.3. The molecule has 0 saturated heterocycles. The molecule has 0 bridgehead atoms. The third kappa shape index (κ3) is 3.60. The summed E-state index contributed by atoms with van der Waals surface area (Å²) < 4.78 is 0. The third-order valence-corrected chi connectivity index (χ3v) is 4.76. The molecule has 0 spiro atoms. The smallest absolute Gasteiger partial charge is 0.0157 e. The molecule has 1 aliphatic carbocycles. The molecule has 0 saturated carbocycles. The number of aryl methyl sites for hydroxylation is 1. The predicted octanol–water partition coefficient (Wildman–Crippen LogP) is 7.23. The lowest BCUT2D eigenvalue weighted by Crippen LogP contribution is -1.84. The van der Waals surface area contributed by atoms with Crippen molar-refractivity contribution in [2.24, 2.45) is 0 Å². The van der Waals surface area contributed by atoms with E-state index in [9.17, 15) is 0 Å². The van der Waals surface area contributed by atoms with Gasteiger partial charge in [0.05, 0.1) is 0 Å². The number of hydrogen-bond acceptors (Lipinski definition) is 0. The summed E-state index contributed by atoms with van der Waals surface area (Å²) in [6.45, 7) is 2.14. The predicted molar refractivity (Wildman–Crippen MR) is 113 cm³/mol. The third-order valence-electron chi connectivity index (χ3n) is 4.76. The Morgan fingerprint density at radius 3 is 2.04 bits per heavy atom. The van der Waals surface area contributed by atoms with Gasteiger partial charge in [-0.1, -0.05) is 103 Å². The van der Waals surface area contributed by atoms with Gasteiger partial charge in [-0.25, -0.2) is 0 Å². The van der Waals surface area contributed by atoms with Crippen LogP contribution < -0.4 is 0 Å². The van der Waals surface area contributed by atoms with Crippen LogP contribution in [-0.4, -0.2) is 0 Å². The summed E-state index contributed by atoms with van der Waals surface area (Å²) in [6, 6.07) is 26.3.